The molecule has 1 fully saturated rings. The van der Waals surface area contributed by atoms with Crippen molar-refractivity contribution in [1.82, 2.24) is 9.78 Å². The third-order valence-corrected chi connectivity index (χ3v) is 3.35. The first kappa shape index (κ1) is 10.3. The molecule has 84 valence electrons. The molecule has 0 unspecified atom stereocenters. The van der Waals surface area contributed by atoms with E-state index in [0.717, 1.165) is 18.1 Å². The standard InChI is InChI=1S/C11H20N4/c1-11(5-3-4-6-11)8-13-10-9(12)7-15(2)14-10/h7H,3-6,8,12H2,1-2H3,(H,13,14). The molecule has 15 heavy (non-hydrogen) atoms. The number of nitrogens with zero attached hydrogens (tertiary/aromatic N) is 2. The summed E-state index contributed by atoms with van der Waals surface area (Å²) in [5.41, 5.74) is 6.99. The van der Waals surface area contributed by atoms with Crippen molar-refractivity contribution in [3.63, 3.8) is 0 Å². The highest BCUT2D eigenvalue weighted by Crippen LogP contribution is 2.37. The van der Waals surface area contributed by atoms with Crippen LogP contribution >= 0.6 is 0 Å². The van der Waals surface area contributed by atoms with Crippen LogP contribution in [0.5, 0.6) is 0 Å². The molecule has 0 atom stereocenters. The molecule has 0 amide bonds. The van der Waals surface area contributed by atoms with Crippen LogP contribution in [-0.2, 0) is 7.05 Å². The number of rotatable bonds is 3. The van der Waals surface area contributed by atoms with Crippen LogP contribution < -0.4 is 11.1 Å². The predicted octanol–water partition coefficient (Wildman–Crippen LogP) is 1.99. The molecule has 4 nitrogen and oxygen atoms in total. The number of aromatic nitrogens is 2. The lowest BCUT2D eigenvalue weighted by atomic mass is 9.89. The fourth-order valence-corrected chi connectivity index (χ4v) is 2.35. The zero-order valence-electron chi connectivity index (χ0n) is 9.58. The highest BCUT2D eigenvalue weighted by molar-refractivity contribution is 5.59. The number of aryl methyl sites for hydroxylation is 1. The summed E-state index contributed by atoms with van der Waals surface area (Å²) >= 11 is 0. The Hall–Kier alpha value is -1.19. The minimum absolute atomic E-state index is 0.434. The fourth-order valence-electron chi connectivity index (χ4n) is 2.35. The second-order valence-corrected chi connectivity index (χ2v) is 4.98. The molecule has 0 aliphatic heterocycles. The van der Waals surface area contributed by atoms with Crippen molar-refractivity contribution >= 4 is 11.5 Å². The molecule has 0 saturated heterocycles. The summed E-state index contributed by atoms with van der Waals surface area (Å²) in [6, 6.07) is 0. The van der Waals surface area contributed by atoms with Crippen LogP contribution in [-0.4, -0.2) is 16.3 Å². The lowest BCUT2D eigenvalue weighted by Crippen LogP contribution is -2.23. The van der Waals surface area contributed by atoms with E-state index in [1.54, 1.807) is 4.68 Å². The third kappa shape index (κ3) is 2.25. The predicted molar refractivity (Wildman–Crippen MR) is 62.7 cm³/mol. The van der Waals surface area contributed by atoms with Gasteiger partial charge in [-0.15, -0.1) is 0 Å². The third-order valence-electron chi connectivity index (χ3n) is 3.35. The lowest BCUT2D eigenvalue weighted by Gasteiger charge is -2.23. The summed E-state index contributed by atoms with van der Waals surface area (Å²) in [6.45, 7) is 3.32. The van der Waals surface area contributed by atoms with Gasteiger partial charge in [0, 0.05) is 19.8 Å². The zero-order chi connectivity index (χ0) is 10.9. The van der Waals surface area contributed by atoms with E-state index in [4.69, 9.17) is 5.73 Å². The number of hydrogen-bond donors (Lipinski definition) is 2. The van der Waals surface area contributed by atoms with Gasteiger partial charge in [0.05, 0.1) is 5.69 Å². The van der Waals surface area contributed by atoms with Crippen molar-refractivity contribution in [2.45, 2.75) is 32.6 Å². The largest absolute Gasteiger partial charge is 0.394 e. The lowest BCUT2D eigenvalue weighted by molar-refractivity contribution is 0.361. The van der Waals surface area contributed by atoms with Gasteiger partial charge in [0.15, 0.2) is 5.82 Å². The average molecular weight is 208 g/mol. The first-order valence-corrected chi connectivity index (χ1v) is 5.62. The van der Waals surface area contributed by atoms with E-state index in [-0.39, 0.29) is 0 Å². The molecule has 3 N–H and O–H groups in total. The van der Waals surface area contributed by atoms with Gasteiger partial charge in [-0.3, -0.25) is 4.68 Å². The smallest absolute Gasteiger partial charge is 0.171 e. The van der Waals surface area contributed by atoms with Crippen molar-refractivity contribution in [3.05, 3.63) is 6.20 Å². The second-order valence-electron chi connectivity index (χ2n) is 4.98. The maximum absolute atomic E-state index is 5.82. The van der Waals surface area contributed by atoms with Gasteiger partial charge >= 0.3 is 0 Å². The van der Waals surface area contributed by atoms with E-state index in [0.29, 0.717) is 5.41 Å². The summed E-state index contributed by atoms with van der Waals surface area (Å²) in [5, 5.41) is 7.64. The molecular formula is C11H20N4. The minimum atomic E-state index is 0.434. The van der Waals surface area contributed by atoms with Gasteiger partial charge in [-0.2, -0.15) is 5.10 Å². The molecule has 1 heterocycles. The number of nitrogens with one attached hydrogen (secondary N) is 1. The Bertz CT molecular complexity index is 336. The normalized spacial score (nSPS) is 19.3. The van der Waals surface area contributed by atoms with Gasteiger partial charge < -0.3 is 11.1 Å². The molecule has 0 aromatic carbocycles. The summed E-state index contributed by atoms with van der Waals surface area (Å²) < 4.78 is 1.74. The maximum Gasteiger partial charge on any atom is 0.171 e. The SMILES string of the molecule is Cn1cc(N)c(NCC2(C)CCCC2)n1. The molecule has 0 radical (unpaired) electrons. The van der Waals surface area contributed by atoms with E-state index in [1.165, 1.54) is 25.7 Å². The van der Waals surface area contributed by atoms with Gasteiger partial charge in [0.1, 0.15) is 0 Å². The van der Waals surface area contributed by atoms with E-state index in [2.05, 4.69) is 17.3 Å². The van der Waals surface area contributed by atoms with Crippen LogP contribution in [0.1, 0.15) is 32.6 Å². The van der Waals surface area contributed by atoms with E-state index in [9.17, 15) is 0 Å². The monoisotopic (exact) mass is 208 g/mol. The quantitative estimate of drug-likeness (QED) is 0.798. The molecular weight excluding hydrogens is 188 g/mol. The molecule has 4 heteroatoms. The number of anilines is 2. The maximum atomic E-state index is 5.82. The van der Waals surface area contributed by atoms with Crippen molar-refractivity contribution < 1.29 is 0 Å². The van der Waals surface area contributed by atoms with Gasteiger partial charge in [0.2, 0.25) is 0 Å². The minimum Gasteiger partial charge on any atom is -0.394 e. The molecule has 1 aromatic rings. The van der Waals surface area contributed by atoms with Gasteiger partial charge in [-0.1, -0.05) is 19.8 Å². The van der Waals surface area contributed by atoms with E-state index in [1.807, 2.05) is 13.2 Å². The summed E-state index contributed by atoms with van der Waals surface area (Å²) in [6.07, 6.45) is 7.17. The highest BCUT2D eigenvalue weighted by atomic mass is 15.3. The van der Waals surface area contributed by atoms with Crippen molar-refractivity contribution in [2.75, 3.05) is 17.6 Å². The molecule has 2 rings (SSSR count). The summed E-state index contributed by atoms with van der Waals surface area (Å²) in [4.78, 5) is 0. The van der Waals surface area contributed by atoms with Crippen LogP contribution in [0.4, 0.5) is 11.5 Å². The van der Waals surface area contributed by atoms with Crippen LogP contribution in [0.15, 0.2) is 6.20 Å². The van der Waals surface area contributed by atoms with Crippen LogP contribution in [0.2, 0.25) is 0 Å². The fraction of sp³-hybridized carbons (Fsp3) is 0.727. The highest BCUT2D eigenvalue weighted by Gasteiger charge is 2.28. The molecule has 1 aliphatic rings. The first-order valence-electron chi connectivity index (χ1n) is 5.62. The summed E-state index contributed by atoms with van der Waals surface area (Å²) in [7, 11) is 1.89. The van der Waals surface area contributed by atoms with Gasteiger partial charge in [-0.05, 0) is 18.3 Å². The number of nitrogen functional groups attached to an aromatic ring is 1. The Kier molecular flexibility index (Phi) is 2.59. The molecule has 1 saturated carbocycles. The van der Waals surface area contributed by atoms with Crippen molar-refractivity contribution in [1.29, 1.82) is 0 Å². The Morgan fingerprint density at radius 3 is 2.73 bits per heavy atom. The van der Waals surface area contributed by atoms with E-state index >= 15 is 0 Å². The zero-order valence-corrected chi connectivity index (χ0v) is 9.58. The number of nitrogens with two attached hydrogens (primary N) is 1. The molecule has 1 aliphatic carbocycles. The number of hydrogen-bond acceptors (Lipinski definition) is 3. The van der Waals surface area contributed by atoms with Gasteiger partial charge in [0.25, 0.3) is 0 Å². The Morgan fingerprint density at radius 1 is 1.53 bits per heavy atom. The van der Waals surface area contributed by atoms with Crippen LogP contribution in [0.25, 0.3) is 0 Å². The Labute approximate surface area is 90.8 Å². The van der Waals surface area contributed by atoms with E-state index < -0.39 is 0 Å². The first-order chi connectivity index (χ1) is 7.09. The summed E-state index contributed by atoms with van der Waals surface area (Å²) in [5.74, 6) is 0.825. The van der Waals surface area contributed by atoms with Crippen LogP contribution in [0, 0.1) is 5.41 Å². The van der Waals surface area contributed by atoms with Crippen molar-refractivity contribution in [3.8, 4) is 0 Å². The Balaban J connectivity index is 1.95. The molecule has 1 aromatic heterocycles. The Morgan fingerprint density at radius 2 is 2.20 bits per heavy atom. The molecule has 0 spiro atoms. The van der Waals surface area contributed by atoms with Crippen molar-refractivity contribution in [2.24, 2.45) is 12.5 Å². The average Bonchev–Trinajstić information content (AvgIpc) is 2.71. The topological polar surface area (TPSA) is 55.9 Å². The second kappa shape index (κ2) is 3.76. The molecule has 0 bridgehead atoms. The van der Waals surface area contributed by atoms with Crippen LogP contribution in [0.3, 0.4) is 0 Å². The van der Waals surface area contributed by atoms with Gasteiger partial charge in [-0.25, -0.2) is 0 Å².